The molecule has 0 radical (unpaired) electrons. The van der Waals surface area contributed by atoms with Crippen molar-refractivity contribution in [3.63, 3.8) is 0 Å². The van der Waals surface area contributed by atoms with Gasteiger partial charge in [-0.15, -0.1) is 0 Å². The first-order chi connectivity index (χ1) is 12.7. The van der Waals surface area contributed by atoms with Crippen LogP contribution in [-0.4, -0.2) is 15.7 Å². The number of hydrogen-bond donors (Lipinski definition) is 1. The number of halogens is 1. The lowest BCUT2D eigenvalue weighted by Crippen LogP contribution is -2.25. The van der Waals surface area contributed by atoms with E-state index in [4.69, 9.17) is 0 Å². The van der Waals surface area contributed by atoms with Gasteiger partial charge >= 0.3 is 0 Å². The van der Waals surface area contributed by atoms with Crippen molar-refractivity contribution in [3.05, 3.63) is 89.5 Å². The van der Waals surface area contributed by atoms with Crippen molar-refractivity contribution in [3.8, 4) is 0 Å². The first kappa shape index (κ1) is 16.5. The summed E-state index contributed by atoms with van der Waals surface area (Å²) in [6.07, 6.45) is 4.38. The van der Waals surface area contributed by atoms with Gasteiger partial charge in [0.05, 0.1) is 6.54 Å². The Labute approximate surface area is 151 Å². The molecule has 5 heteroatoms. The summed E-state index contributed by atoms with van der Waals surface area (Å²) in [5.41, 5.74) is 2.84. The Morgan fingerprint density at radius 1 is 1.12 bits per heavy atom. The number of hydrogen-bond acceptors (Lipinski definition) is 2. The maximum absolute atomic E-state index is 13.9. The van der Waals surface area contributed by atoms with E-state index in [1.807, 2.05) is 47.3 Å². The van der Waals surface area contributed by atoms with Gasteiger partial charge < -0.3 is 5.32 Å². The number of nitrogens with one attached hydrogen (secondary N) is 1. The standard InChI is InChI=1S/C21H20FN3O/c22-20-9-4-3-8-17(20)18-12-19(18)21(26)23-13-15-6-1-2-7-16(15)14-25-11-5-10-24-25/h1-11,18-19H,12-14H2,(H,23,26)/t18-,19+/m1/s1. The number of aromatic nitrogens is 2. The van der Waals surface area contributed by atoms with Crippen LogP contribution in [0.15, 0.2) is 67.0 Å². The lowest BCUT2D eigenvalue weighted by Gasteiger charge is -2.11. The van der Waals surface area contributed by atoms with Gasteiger partial charge in [0.25, 0.3) is 0 Å². The summed E-state index contributed by atoms with van der Waals surface area (Å²) in [6.45, 7) is 1.14. The molecule has 132 valence electrons. The SMILES string of the molecule is O=C(NCc1ccccc1Cn1cccn1)[C@H]1C[C@@H]1c1ccccc1F. The monoisotopic (exact) mass is 349 g/mol. The molecule has 1 fully saturated rings. The van der Waals surface area contributed by atoms with Crippen molar-refractivity contribution in [1.82, 2.24) is 15.1 Å². The van der Waals surface area contributed by atoms with Crippen LogP contribution in [-0.2, 0) is 17.9 Å². The maximum atomic E-state index is 13.9. The maximum Gasteiger partial charge on any atom is 0.224 e. The van der Waals surface area contributed by atoms with Crippen molar-refractivity contribution in [2.75, 3.05) is 0 Å². The van der Waals surface area contributed by atoms with Crippen molar-refractivity contribution < 1.29 is 9.18 Å². The molecule has 3 aromatic rings. The molecule has 0 bridgehead atoms. The topological polar surface area (TPSA) is 46.9 Å². The minimum absolute atomic E-state index is 0.00415. The molecule has 2 aromatic carbocycles. The van der Waals surface area contributed by atoms with Gasteiger partial charge in [-0.1, -0.05) is 42.5 Å². The van der Waals surface area contributed by atoms with Crippen LogP contribution in [0, 0.1) is 11.7 Å². The van der Waals surface area contributed by atoms with E-state index in [1.165, 1.54) is 6.07 Å². The smallest absolute Gasteiger partial charge is 0.224 e. The van der Waals surface area contributed by atoms with E-state index in [0.29, 0.717) is 25.1 Å². The fourth-order valence-electron chi connectivity index (χ4n) is 3.37. The highest BCUT2D eigenvalue weighted by Crippen LogP contribution is 2.48. The average Bonchev–Trinajstić information content (AvgIpc) is 3.29. The van der Waals surface area contributed by atoms with Gasteiger partial charge in [0.15, 0.2) is 0 Å². The van der Waals surface area contributed by atoms with E-state index in [-0.39, 0.29) is 23.6 Å². The molecule has 1 aromatic heterocycles. The van der Waals surface area contributed by atoms with E-state index in [0.717, 1.165) is 11.1 Å². The van der Waals surface area contributed by atoms with Crippen molar-refractivity contribution in [2.45, 2.75) is 25.4 Å². The Hall–Kier alpha value is -2.95. The van der Waals surface area contributed by atoms with Gasteiger partial charge in [-0.3, -0.25) is 9.48 Å². The number of carbonyl (C=O) groups is 1. The first-order valence-corrected chi connectivity index (χ1v) is 8.78. The Kier molecular flexibility index (Phi) is 4.52. The Balaban J connectivity index is 1.38. The molecule has 1 aliphatic carbocycles. The summed E-state index contributed by atoms with van der Waals surface area (Å²) in [5.74, 6) is -0.370. The highest BCUT2D eigenvalue weighted by atomic mass is 19.1. The van der Waals surface area contributed by atoms with E-state index in [2.05, 4.69) is 10.4 Å². The Morgan fingerprint density at radius 2 is 1.88 bits per heavy atom. The number of amides is 1. The van der Waals surface area contributed by atoms with Gasteiger partial charge in [0.1, 0.15) is 5.82 Å². The van der Waals surface area contributed by atoms with E-state index >= 15 is 0 Å². The lowest BCUT2D eigenvalue weighted by atomic mass is 10.1. The molecule has 0 aliphatic heterocycles. The molecule has 1 aliphatic rings. The second-order valence-corrected chi connectivity index (χ2v) is 6.66. The highest BCUT2D eigenvalue weighted by molar-refractivity contribution is 5.82. The molecule has 1 saturated carbocycles. The fourth-order valence-corrected chi connectivity index (χ4v) is 3.37. The summed E-state index contributed by atoms with van der Waals surface area (Å²) in [4.78, 5) is 12.5. The molecular weight excluding hydrogens is 329 g/mol. The third-order valence-electron chi connectivity index (χ3n) is 4.89. The van der Waals surface area contributed by atoms with Gasteiger partial charge in [0, 0.05) is 24.9 Å². The minimum atomic E-state index is -0.225. The average molecular weight is 349 g/mol. The van der Waals surface area contributed by atoms with Crippen LogP contribution in [0.2, 0.25) is 0 Å². The summed E-state index contributed by atoms with van der Waals surface area (Å²) in [7, 11) is 0. The molecule has 0 unspecified atom stereocenters. The van der Waals surface area contributed by atoms with Gasteiger partial charge in [-0.25, -0.2) is 4.39 Å². The summed E-state index contributed by atoms with van der Waals surface area (Å²) in [5, 5.41) is 7.24. The molecule has 0 saturated heterocycles. The van der Waals surface area contributed by atoms with E-state index in [1.54, 1.807) is 18.3 Å². The quantitative estimate of drug-likeness (QED) is 0.740. The second-order valence-electron chi connectivity index (χ2n) is 6.66. The first-order valence-electron chi connectivity index (χ1n) is 8.78. The number of carbonyl (C=O) groups excluding carboxylic acids is 1. The number of rotatable bonds is 6. The van der Waals surface area contributed by atoms with Crippen LogP contribution in [0.4, 0.5) is 4.39 Å². The van der Waals surface area contributed by atoms with E-state index in [9.17, 15) is 9.18 Å². The fraction of sp³-hybridized carbons (Fsp3) is 0.238. The molecule has 4 nitrogen and oxygen atoms in total. The number of nitrogens with zero attached hydrogens (tertiary/aromatic N) is 2. The third-order valence-corrected chi connectivity index (χ3v) is 4.89. The molecule has 1 heterocycles. The van der Waals surface area contributed by atoms with Gasteiger partial charge in [-0.05, 0) is 41.2 Å². The van der Waals surface area contributed by atoms with Crippen LogP contribution >= 0.6 is 0 Å². The second kappa shape index (κ2) is 7.12. The lowest BCUT2D eigenvalue weighted by molar-refractivity contribution is -0.122. The van der Waals surface area contributed by atoms with Crippen LogP contribution < -0.4 is 5.32 Å². The molecular formula is C21H20FN3O. The largest absolute Gasteiger partial charge is 0.352 e. The zero-order valence-corrected chi connectivity index (χ0v) is 14.3. The zero-order valence-electron chi connectivity index (χ0n) is 14.3. The third kappa shape index (κ3) is 3.52. The van der Waals surface area contributed by atoms with Crippen LogP contribution in [0.25, 0.3) is 0 Å². The predicted octanol–water partition coefficient (Wildman–Crippen LogP) is 3.49. The molecule has 1 amide bonds. The predicted molar refractivity (Wildman–Crippen MR) is 96.9 cm³/mol. The van der Waals surface area contributed by atoms with Crippen molar-refractivity contribution in [1.29, 1.82) is 0 Å². The highest BCUT2D eigenvalue weighted by Gasteiger charge is 2.44. The van der Waals surface area contributed by atoms with E-state index < -0.39 is 0 Å². The van der Waals surface area contributed by atoms with Gasteiger partial charge in [-0.2, -0.15) is 5.10 Å². The van der Waals surface area contributed by atoms with Crippen LogP contribution in [0.5, 0.6) is 0 Å². The summed E-state index contributed by atoms with van der Waals surface area (Å²) < 4.78 is 15.7. The van der Waals surface area contributed by atoms with Crippen LogP contribution in [0.3, 0.4) is 0 Å². The molecule has 26 heavy (non-hydrogen) atoms. The summed E-state index contributed by atoms with van der Waals surface area (Å²) >= 11 is 0. The summed E-state index contributed by atoms with van der Waals surface area (Å²) in [6, 6.07) is 16.6. The van der Waals surface area contributed by atoms with Crippen molar-refractivity contribution >= 4 is 5.91 Å². The minimum Gasteiger partial charge on any atom is -0.352 e. The molecule has 2 atom stereocenters. The number of benzene rings is 2. The molecule has 0 spiro atoms. The van der Waals surface area contributed by atoms with Crippen molar-refractivity contribution in [2.24, 2.45) is 5.92 Å². The normalized spacial score (nSPS) is 18.5. The Morgan fingerprint density at radius 3 is 2.65 bits per heavy atom. The van der Waals surface area contributed by atoms with Gasteiger partial charge in [0.2, 0.25) is 5.91 Å². The Bertz CT molecular complexity index is 907. The van der Waals surface area contributed by atoms with Crippen LogP contribution in [0.1, 0.15) is 29.0 Å². The zero-order chi connectivity index (χ0) is 17.9. The molecule has 4 rings (SSSR count). The molecule has 1 N–H and O–H groups in total.